The summed E-state index contributed by atoms with van der Waals surface area (Å²) < 4.78 is 0. The molecule has 28 heavy (non-hydrogen) atoms. The Balaban J connectivity index is 0.000000162. The van der Waals surface area contributed by atoms with Crippen LogP contribution in [0.2, 0.25) is 0 Å². The number of ketones is 2. The van der Waals surface area contributed by atoms with Crippen LogP contribution in [0.1, 0.15) is 78.1 Å². The average molecular weight is 386 g/mol. The minimum absolute atomic E-state index is 0.0376. The summed E-state index contributed by atoms with van der Waals surface area (Å²) >= 11 is 0. The van der Waals surface area contributed by atoms with Gasteiger partial charge >= 0.3 is 0 Å². The first-order chi connectivity index (χ1) is 13.3. The van der Waals surface area contributed by atoms with Crippen molar-refractivity contribution in [2.75, 3.05) is 0 Å². The van der Waals surface area contributed by atoms with Gasteiger partial charge in [-0.25, -0.2) is 0 Å². The van der Waals surface area contributed by atoms with E-state index in [1.807, 2.05) is 0 Å². The van der Waals surface area contributed by atoms with Gasteiger partial charge in [0.1, 0.15) is 0 Å². The topological polar surface area (TPSA) is 103 Å². The van der Waals surface area contributed by atoms with Gasteiger partial charge in [-0.3, -0.25) is 9.59 Å². The Hall–Kier alpha value is -1.91. The number of rotatable bonds is 1. The lowest BCUT2D eigenvalue weighted by Crippen LogP contribution is -2.40. The molecule has 0 aromatic heterocycles. The van der Waals surface area contributed by atoms with Gasteiger partial charge in [0, 0.05) is 29.2 Å². The van der Waals surface area contributed by atoms with Crippen molar-refractivity contribution in [3.05, 3.63) is 33.7 Å². The van der Waals surface area contributed by atoms with Gasteiger partial charge in [0.15, 0.2) is 11.6 Å². The fourth-order valence-electron chi connectivity index (χ4n) is 5.28. The third-order valence-corrected chi connectivity index (χ3v) is 7.43. The van der Waals surface area contributed by atoms with Crippen LogP contribution >= 0.6 is 0 Å². The highest BCUT2D eigenvalue weighted by atomic mass is 16.3. The Morgan fingerprint density at radius 1 is 0.964 bits per heavy atom. The second-order valence-corrected chi connectivity index (χ2v) is 9.13. The van der Waals surface area contributed by atoms with Crippen LogP contribution in [0.15, 0.2) is 28.4 Å². The molecule has 0 unspecified atom stereocenters. The van der Waals surface area contributed by atoms with Gasteiger partial charge in [-0.05, 0) is 74.5 Å². The third kappa shape index (κ3) is 3.94. The highest BCUT2D eigenvalue weighted by Crippen LogP contribution is 2.48. The van der Waals surface area contributed by atoms with Crippen LogP contribution in [-0.4, -0.2) is 28.8 Å². The van der Waals surface area contributed by atoms with Crippen LogP contribution in [0.5, 0.6) is 0 Å². The summed E-state index contributed by atoms with van der Waals surface area (Å²) in [5.74, 6) is 0.464. The third-order valence-electron chi connectivity index (χ3n) is 7.43. The first kappa shape index (κ1) is 20.8. The van der Waals surface area contributed by atoms with Crippen molar-refractivity contribution < 1.29 is 14.7 Å². The molecule has 4 rings (SSSR count). The van der Waals surface area contributed by atoms with Crippen molar-refractivity contribution in [2.45, 2.75) is 90.2 Å². The molecule has 0 aromatic carbocycles. The maximum Gasteiger partial charge on any atom is 0.155 e. The lowest BCUT2D eigenvalue weighted by molar-refractivity contribution is -0.117. The Morgan fingerprint density at radius 2 is 1.50 bits per heavy atom. The highest BCUT2D eigenvalue weighted by molar-refractivity contribution is 5.92. The lowest BCUT2D eigenvalue weighted by atomic mass is 9.63. The van der Waals surface area contributed by atoms with E-state index in [9.17, 15) is 14.7 Å². The van der Waals surface area contributed by atoms with E-state index in [1.54, 1.807) is 12.2 Å². The number of hydrogen-bond donors (Lipinski definition) is 1. The summed E-state index contributed by atoms with van der Waals surface area (Å²) in [7, 11) is 0. The first-order valence-electron chi connectivity index (χ1n) is 10.5. The molecule has 0 radical (unpaired) electrons. The normalized spacial score (nSPS) is 37.2. The molecule has 0 bridgehead atoms. The van der Waals surface area contributed by atoms with Crippen LogP contribution < -0.4 is 0 Å². The largest absolute Gasteiger partial charge is 0.392 e. The van der Waals surface area contributed by atoms with Crippen LogP contribution in [0.3, 0.4) is 0 Å². The van der Waals surface area contributed by atoms with Gasteiger partial charge in [-0.1, -0.05) is 30.1 Å². The van der Waals surface area contributed by atoms with Crippen molar-refractivity contribution in [1.82, 2.24) is 0 Å². The van der Waals surface area contributed by atoms with E-state index in [0.29, 0.717) is 12.8 Å². The number of aliphatic hydroxyl groups is 1. The molecule has 1 N–H and O–H groups in total. The van der Waals surface area contributed by atoms with E-state index in [1.165, 1.54) is 11.1 Å². The second kappa shape index (κ2) is 8.22. The summed E-state index contributed by atoms with van der Waals surface area (Å²) in [5, 5.41) is 13.8. The molecular formula is C22H31N3O3. The second-order valence-electron chi connectivity index (χ2n) is 9.13. The van der Waals surface area contributed by atoms with Crippen molar-refractivity contribution in [1.29, 1.82) is 0 Å². The van der Waals surface area contributed by atoms with Crippen LogP contribution in [-0.2, 0) is 9.59 Å². The van der Waals surface area contributed by atoms with Gasteiger partial charge < -0.3 is 5.11 Å². The average Bonchev–Trinajstić information content (AvgIpc) is 2.66. The van der Waals surface area contributed by atoms with Crippen LogP contribution in [0.4, 0.5) is 0 Å². The van der Waals surface area contributed by atoms with Gasteiger partial charge in [0.2, 0.25) is 0 Å². The monoisotopic (exact) mass is 385 g/mol. The Labute approximate surface area is 166 Å². The zero-order valence-electron chi connectivity index (χ0n) is 17.0. The van der Waals surface area contributed by atoms with Gasteiger partial charge in [0.05, 0.1) is 6.10 Å². The molecule has 4 aliphatic rings. The number of aliphatic hydroxyl groups excluding tert-OH is 1. The smallest absolute Gasteiger partial charge is 0.155 e. The fourth-order valence-corrected chi connectivity index (χ4v) is 5.28. The SMILES string of the molecule is C[C@]12CCC(=O)C=C1CCC[C@@H]2O.C[C@]12CCC(=O)C=C1CCC[C@H]2N=[N+]=[N-]. The van der Waals surface area contributed by atoms with Crippen LogP contribution in [0, 0.1) is 10.8 Å². The first-order valence-corrected chi connectivity index (χ1v) is 10.5. The van der Waals surface area contributed by atoms with E-state index in [2.05, 4.69) is 23.9 Å². The zero-order chi connectivity index (χ0) is 20.4. The van der Waals surface area contributed by atoms with E-state index >= 15 is 0 Å². The number of allylic oxidation sites excluding steroid dienone is 2. The summed E-state index contributed by atoms with van der Waals surface area (Å²) in [6.07, 6.45) is 12.1. The zero-order valence-corrected chi connectivity index (χ0v) is 17.0. The van der Waals surface area contributed by atoms with E-state index < -0.39 is 0 Å². The van der Waals surface area contributed by atoms with Crippen molar-refractivity contribution in [2.24, 2.45) is 15.9 Å². The number of hydrogen-bond acceptors (Lipinski definition) is 4. The molecule has 2 fully saturated rings. The van der Waals surface area contributed by atoms with Gasteiger partial charge in [0.25, 0.3) is 0 Å². The molecule has 6 nitrogen and oxygen atoms in total. The number of fused-ring (bicyclic) bond motifs is 2. The van der Waals surface area contributed by atoms with E-state index in [-0.39, 0.29) is 34.5 Å². The van der Waals surface area contributed by atoms with Crippen LogP contribution in [0.25, 0.3) is 10.4 Å². The van der Waals surface area contributed by atoms with Crippen molar-refractivity contribution >= 4 is 11.6 Å². The minimum Gasteiger partial charge on any atom is -0.392 e. The molecule has 4 atom stereocenters. The molecular weight excluding hydrogens is 354 g/mol. The molecule has 0 heterocycles. The number of azide groups is 1. The maximum absolute atomic E-state index is 11.3. The van der Waals surface area contributed by atoms with E-state index in [0.717, 1.165) is 51.4 Å². The van der Waals surface area contributed by atoms with E-state index in [4.69, 9.17) is 5.53 Å². The number of carbonyl (C=O) groups is 2. The number of carbonyl (C=O) groups excluding carboxylic acids is 2. The molecule has 6 heteroatoms. The molecule has 4 aliphatic carbocycles. The summed E-state index contributed by atoms with van der Waals surface area (Å²) in [6.45, 7) is 4.22. The predicted octanol–water partition coefficient (Wildman–Crippen LogP) is 4.97. The molecule has 0 aliphatic heterocycles. The summed E-state index contributed by atoms with van der Waals surface area (Å²) in [4.78, 5) is 25.5. The Morgan fingerprint density at radius 3 is 2.11 bits per heavy atom. The minimum atomic E-state index is -0.236. The molecule has 0 amide bonds. The molecule has 0 aromatic rings. The number of nitrogens with zero attached hydrogens (tertiary/aromatic N) is 3. The quantitative estimate of drug-likeness (QED) is 0.391. The molecule has 0 saturated heterocycles. The standard InChI is InChI=1S/C11H15N3O.C11H16O2/c1-11-6-5-9(15)7-8(11)3-2-4-10(11)13-14-12;1-11-6-5-9(12)7-8(11)3-2-4-10(11)13/h7,10H,2-6H2,1H3;7,10,13H,2-6H2,1H3/t10-,11+;10-,11-/m10/s1. The summed E-state index contributed by atoms with van der Waals surface area (Å²) in [5.41, 5.74) is 10.8. The van der Waals surface area contributed by atoms with Crippen molar-refractivity contribution in [3.8, 4) is 0 Å². The van der Waals surface area contributed by atoms with Gasteiger partial charge in [-0.2, -0.15) is 0 Å². The Kier molecular flexibility index (Phi) is 6.11. The predicted molar refractivity (Wildman–Crippen MR) is 108 cm³/mol. The lowest BCUT2D eigenvalue weighted by Gasteiger charge is -2.43. The van der Waals surface area contributed by atoms with Crippen molar-refractivity contribution in [3.63, 3.8) is 0 Å². The molecule has 2 saturated carbocycles. The summed E-state index contributed by atoms with van der Waals surface area (Å²) in [6, 6.07) is 0.0376. The molecule has 152 valence electrons. The molecule has 0 spiro atoms. The maximum atomic E-state index is 11.3. The Bertz CT molecular complexity index is 765. The fraction of sp³-hybridized carbons (Fsp3) is 0.727. The highest BCUT2D eigenvalue weighted by Gasteiger charge is 2.42. The van der Waals surface area contributed by atoms with Gasteiger partial charge in [-0.15, -0.1) is 0 Å².